The first-order chi connectivity index (χ1) is 9.29. The van der Waals surface area contributed by atoms with Crippen LogP contribution in [0, 0.1) is 17.8 Å². The number of aromatic nitrogens is 1. The highest BCUT2D eigenvalue weighted by atomic mass is 32.1. The Morgan fingerprint density at radius 2 is 2.16 bits per heavy atom. The summed E-state index contributed by atoms with van der Waals surface area (Å²) in [6.45, 7) is 0. The normalized spacial score (nSPS) is 28.9. The van der Waals surface area contributed by atoms with Crippen LogP contribution in [-0.2, 0) is 4.79 Å². The van der Waals surface area contributed by atoms with Crippen molar-refractivity contribution in [2.45, 2.75) is 25.7 Å². The number of carbonyl (C=O) groups excluding carboxylic acids is 1. The minimum Gasteiger partial charge on any atom is -0.302 e. The van der Waals surface area contributed by atoms with Gasteiger partial charge in [0.1, 0.15) is 0 Å². The first-order valence-corrected chi connectivity index (χ1v) is 7.77. The molecule has 2 saturated carbocycles. The van der Waals surface area contributed by atoms with Gasteiger partial charge in [-0.1, -0.05) is 29.9 Å². The third-order valence-corrected chi connectivity index (χ3v) is 5.55. The summed E-state index contributed by atoms with van der Waals surface area (Å²) in [5, 5.41) is 3.77. The summed E-state index contributed by atoms with van der Waals surface area (Å²) in [4.78, 5) is 16.8. The summed E-state index contributed by atoms with van der Waals surface area (Å²) in [6.07, 6.45) is 4.91. The Morgan fingerprint density at radius 1 is 1.26 bits per heavy atom. The van der Waals surface area contributed by atoms with E-state index in [1.807, 2.05) is 24.3 Å². The largest absolute Gasteiger partial charge is 0.302 e. The molecule has 2 aliphatic carbocycles. The highest BCUT2D eigenvalue weighted by molar-refractivity contribution is 7.22. The van der Waals surface area contributed by atoms with Gasteiger partial charge in [-0.3, -0.25) is 4.79 Å². The molecule has 98 valence electrons. The second-order valence-electron chi connectivity index (χ2n) is 5.76. The Morgan fingerprint density at radius 3 is 2.89 bits per heavy atom. The van der Waals surface area contributed by atoms with Gasteiger partial charge in [-0.15, -0.1) is 0 Å². The number of anilines is 1. The van der Waals surface area contributed by atoms with Crippen LogP contribution in [0.25, 0.3) is 10.2 Å². The molecule has 1 aromatic carbocycles. The Kier molecular flexibility index (Phi) is 2.58. The van der Waals surface area contributed by atoms with E-state index in [2.05, 4.69) is 10.3 Å². The molecular formula is C15H16N2OS. The van der Waals surface area contributed by atoms with E-state index in [0.29, 0.717) is 5.92 Å². The molecule has 1 N–H and O–H groups in total. The smallest absolute Gasteiger partial charge is 0.229 e. The van der Waals surface area contributed by atoms with Crippen LogP contribution in [0.1, 0.15) is 25.7 Å². The van der Waals surface area contributed by atoms with Gasteiger partial charge in [0.25, 0.3) is 0 Å². The highest BCUT2D eigenvalue weighted by Gasteiger charge is 2.43. The molecule has 19 heavy (non-hydrogen) atoms. The van der Waals surface area contributed by atoms with Crippen molar-refractivity contribution >= 4 is 32.6 Å². The van der Waals surface area contributed by atoms with E-state index in [4.69, 9.17) is 0 Å². The number of nitrogens with one attached hydrogen (secondary N) is 1. The number of hydrogen-bond donors (Lipinski definition) is 1. The van der Waals surface area contributed by atoms with Gasteiger partial charge in [-0.2, -0.15) is 0 Å². The van der Waals surface area contributed by atoms with E-state index < -0.39 is 0 Å². The molecule has 2 aromatic rings. The predicted octanol–water partition coefficient (Wildman–Crippen LogP) is 3.67. The van der Waals surface area contributed by atoms with Gasteiger partial charge >= 0.3 is 0 Å². The summed E-state index contributed by atoms with van der Waals surface area (Å²) in [6, 6.07) is 8.00. The lowest BCUT2D eigenvalue weighted by Crippen LogP contribution is -2.27. The lowest BCUT2D eigenvalue weighted by Gasteiger charge is -2.19. The van der Waals surface area contributed by atoms with Crippen molar-refractivity contribution in [3.05, 3.63) is 24.3 Å². The highest BCUT2D eigenvalue weighted by Crippen LogP contribution is 2.48. The van der Waals surface area contributed by atoms with Crippen LogP contribution in [0.2, 0.25) is 0 Å². The number of para-hydroxylation sites is 1. The van der Waals surface area contributed by atoms with Crippen LogP contribution in [0.5, 0.6) is 0 Å². The SMILES string of the molecule is O=C(Nc1nc2ccccc2s1)[C@@H]1C[C@H]2CC[C@H]1C2. The quantitative estimate of drug-likeness (QED) is 0.906. The molecule has 2 bridgehead atoms. The molecule has 0 spiro atoms. The molecule has 1 heterocycles. The van der Waals surface area contributed by atoms with Crippen molar-refractivity contribution in [1.82, 2.24) is 4.98 Å². The standard InChI is InChI=1S/C15H16N2OS/c18-14(11-8-9-5-6-10(11)7-9)17-15-16-12-3-1-2-4-13(12)19-15/h1-4,9-11H,5-8H2,(H,16,17,18)/t9-,10-,11+/m0/s1. The summed E-state index contributed by atoms with van der Waals surface area (Å²) >= 11 is 1.56. The number of nitrogens with zero attached hydrogens (tertiary/aromatic N) is 1. The summed E-state index contributed by atoms with van der Waals surface area (Å²) in [5.74, 6) is 1.84. The zero-order valence-electron chi connectivity index (χ0n) is 10.6. The predicted molar refractivity (Wildman–Crippen MR) is 77.2 cm³/mol. The fourth-order valence-electron chi connectivity index (χ4n) is 3.69. The van der Waals surface area contributed by atoms with E-state index in [-0.39, 0.29) is 11.8 Å². The van der Waals surface area contributed by atoms with Crippen LogP contribution in [0.15, 0.2) is 24.3 Å². The zero-order valence-corrected chi connectivity index (χ0v) is 11.5. The summed E-state index contributed by atoms with van der Waals surface area (Å²) < 4.78 is 1.13. The number of amides is 1. The molecule has 2 fully saturated rings. The van der Waals surface area contributed by atoms with Crippen molar-refractivity contribution in [2.24, 2.45) is 17.8 Å². The molecule has 4 rings (SSSR count). The van der Waals surface area contributed by atoms with Crippen molar-refractivity contribution in [3.63, 3.8) is 0 Å². The van der Waals surface area contributed by atoms with Gasteiger partial charge in [-0.25, -0.2) is 4.98 Å². The third-order valence-electron chi connectivity index (χ3n) is 4.60. The molecule has 3 atom stereocenters. The Bertz CT molecular complexity index is 603. The van der Waals surface area contributed by atoms with E-state index in [0.717, 1.165) is 27.7 Å². The number of thiazole rings is 1. The van der Waals surface area contributed by atoms with Crippen LogP contribution in [0.3, 0.4) is 0 Å². The Balaban J connectivity index is 1.53. The van der Waals surface area contributed by atoms with Gasteiger partial charge in [0, 0.05) is 5.92 Å². The third kappa shape index (κ3) is 1.94. The first-order valence-electron chi connectivity index (χ1n) is 6.96. The second-order valence-corrected chi connectivity index (χ2v) is 6.79. The molecule has 2 aliphatic rings. The fourth-order valence-corrected chi connectivity index (χ4v) is 4.56. The number of carbonyl (C=O) groups is 1. The number of fused-ring (bicyclic) bond motifs is 3. The minimum absolute atomic E-state index is 0.186. The Labute approximate surface area is 116 Å². The lowest BCUT2D eigenvalue weighted by atomic mass is 9.88. The van der Waals surface area contributed by atoms with Crippen molar-refractivity contribution in [1.29, 1.82) is 0 Å². The average Bonchev–Trinajstić information content (AvgIpc) is 3.12. The molecule has 0 aliphatic heterocycles. The molecule has 0 radical (unpaired) electrons. The van der Waals surface area contributed by atoms with Gasteiger partial charge in [0.15, 0.2) is 5.13 Å². The van der Waals surface area contributed by atoms with E-state index in [9.17, 15) is 4.79 Å². The average molecular weight is 272 g/mol. The molecule has 0 saturated heterocycles. The van der Waals surface area contributed by atoms with Gasteiger partial charge in [0.2, 0.25) is 5.91 Å². The maximum atomic E-state index is 12.3. The molecule has 4 heteroatoms. The maximum absolute atomic E-state index is 12.3. The molecule has 3 nitrogen and oxygen atoms in total. The zero-order chi connectivity index (χ0) is 12.8. The van der Waals surface area contributed by atoms with E-state index >= 15 is 0 Å². The van der Waals surface area contributed by atoms with Crippen molar-refractivity contribution in [2.75, 3.05) is 5.32 Å². The number of benzene rings is 1. The summed E-state index contributed by atoms with van der Waals surface area (Å²) in [7, 11) is 0. The lowest BCUT2D eigenvalue weighted by molar-refractivity contribution is -0.121. The van der Waals surface area contributed by atoms with Crippen LogP contribution in [-0.4, -0.2) is 10.9 Å². The fraction of sp³-hybridized carbons (Fsp3) is 0.467. The van der Waals surface area contributed by atoms with E-state index in [1.54, 1.807) is 11.3 Å². The van der Waals surface area contributed by atoms with Crippen LogP contribution in [0.4, 0.5) is 5.13 Å². The molecule has 0 unspecified atom stereocenters. The van der Waals surface area contributed by atoms with Gasteiger partial charge in [0.05, 0.1) is 10.2 Å². The maximum Gasteiger partial charge on any atom is 0.229 e. The van der Waals surface area contributed by atoms with E-state index in [1.165, 1.54) is 19.3 Å². The first kappa shape index (κ1) is 11.4. The van der Waals surface area contributed by atoms with Crippen molar-refractivity contribution < 1.29 is 4.79 Å². The van der Waals surface area contributed by atoms with Crippen molar-refractivity contribution in [3.8, 4) is 0 Å². The van der Waals surface area contributed by atoms with Gasteiger partial charge < -0.3 is 5.32 Å². The number of hydrogen-bond acceptors (Lipinski definition) is 3. The molecular weight excluding hydrogens is 256 g/mol. The van der Waals surface area contributed by atoms with Gasteiger partial charge in [-0.05, 0) is 43.2 Å². The second kappa shape index (κ2) is 4.30. The topological polar surface area (TPSA) is 42.0 Å². The molecule has 1 aromatic heterocycles. The van der Waals surface area contributed by atoms with Crippen LogP contribution < -0.4 is 5.32 Å². The molecule has 1 amide bonds. The van der Waals surface area contributed by atoms with Crippen LogP contribution >= 0.6 is 11.3 Å². The summed E-state index contributed by atoms with van der Waals surface area (Å²) in [5.41, 5.74) is 0.968. The minimum atomic E-state index is 0.186. The number of rotatable bonds is 2. The monoisotopic (exact) mass is 272 g/mol. The Hall–Kier alpha value is -1.42.